The molecule has 2 aliphatic heterocycles. The van der Waals surface area contributed by atoms with Gasteiger partial charge in [0, 0.05) is 4.75 Å². The lowest BCUT2D eigenvalue weighted by atomic mass is 9.96. The van der Waals surface area contributed by atoms with Crippen LogP contribution < -0.4 is 5.32 Å². The van der Waals surface area contributed by atoms with Crippen LogP contribution >= 0.6 is 11.8 Å². The molecule has 0 bridgehead atoms. The van der Waals surface area contributed by atoms with Crippen molar-refractivity contribution in [1.82, 2.24) is 10.2 Å². The van der Waals surface area contributed by atoms with Crippen molar-refractivity contribution < 1.29 is 19.5 Å². The number of aliphatic carboxylic acids is 1. The number of nitrogens with one attached hydrogen (secondary N) is 1. The van der Waals surface area contributed by atoms with Gasteiger partial charge in [-0.25, -0.2) is 4.79 Å². The molecule has 2 N–H and O–H groups in total. The van der Waals surface area contributed by atoms with Gasteiger partial charge in [0.05, 0.1) is 6.42 Å². The summed E-state index contributed by atoms with van der Waals surface area (Å²) in [7, 11) is 0. The molecule has 0 aromatic carbocycles. The Kier molecular flexibility index (Phi) is 4.00. The number of fused-ring (bicyclic) bond motifs is 1. The van der Waals surface area contributed by atoms with Gasteiger partial charge in [0.15, 0.2) is 0 Å². The largest absolute Gasteiger partial charge is 0.480 e. The average molecular weight is 336 g/mol. The standard InChI is InChI=1S/C16H20N2O4S/c1-16(2)12(15(21)22)18-13(20)11(14(18)23-16)17-10(19)8-9-6-4-3-5-7-9/h4,6-7,11-12,14H,3,5,8H2,1-2H3,(H,17,19)(H,21,22)/t11-,12+,14?/m0/s1. The number of hydrogen-bond acceptors (Lipinski definition) is 4. The van der Waals surface area contributed by atoms with Gasteiger partial charge in [-0.05, 0) is 32.3 Å². The molecule has 1 unspecified atom stereocenters. The molecule has 2 amide bonds. The van der Waals surface area contributed by atoms with Crippen LogP contribution in [-0.4, -0.2) is 50.0 Å². The first-order valence-corrected chi connectivity index (χ1v) is 8.57. The van der Waals surface area contributed by atoms with E-state index in [0.717, 1.165) is 18.4 Å². The van der Waals surface area contributed by atoms with Crippen LogP contribution in [0.15, 0.2) is 23.8 Å². The predicted octanol–water partition coefficient (Wildman–Crippen LogP) is 1.28. The molecule has 7 heteroatoms. The van der Waals surface area contributed by atoms with Gasteiger partial charge in [0.25, 0.3) is 0 Å². The molecule has 0 saturated carbocycles. The van der Waals surface area contributed by atoms with Crippen molar-refractivity contribution in [3.63, 3.8) is 0 Å². The number of carboxylic acids is 1. The summed E-state index contributed by atoms with van der Waals surface area (Å²) in [5.41, 5.74) is 0.959. The maximum absolute atomic E-state index is 12.3. The first-order valence-electron chi connectivity index (χ1n) is 7.69. The molecule has 2 fully saturated rings. The summed E-state index contributed by atoms with van der Waals surface area (Å²) < 4.78 is -0.569. The minimum atomic E-state index is -0.999. The van der Waals surface area contributed by atoms with Crippen LogP contribution in [0.1, 0.15) is 33.1 Å². The highest BCUT2D eigenvalue weighted by atomic mass is 32.2. The third kappa shape index (κ3) is 2.78. The van der Waals surface area contributed by atoms with E-state index >= 15 is 0 Å². The number of carbonyl (C=O) groups is 3. The first kappa shape index (κ1) is 16.1. The zero-order valence-corrected chi connectivity index (χ0v) is 13.9. The van der Waals surface area contributed by atoms with Gasteiger partial charge in [-0.2, -0.15) is 0 Å². The molecule has 3 rings (SSSR count). The van der Waals surface area contributed by atoms with Gasteiger partial charge in [-0.15, -0.1) is 11.8 Å². The summed E-state index contributed by atoms with van der Waals surface area (Å²) in [6, 6.07) is -1.47. The number of carboxylic acid groups (broad SMARTS) is 1. The van der Waals surface area contributed by atoms with Gasteiger partial charge >= 0.3 is 5.97 Å². The molecule has 2 saturated heterocycles. The first-order chi connectivity index (χ1) is 10.8. The zero-order chi connectivity index (χ0) is 16.8. The number of β-lactam (4-membered cyclic amide) rings is 1. The Bertz CT molecular complexity index is 626. The number of allylic oxidation sites excluding steroid dienone is 3. The van der Waals surface area contributed by atoms with E-state index in [1.54, 1.807) is 0 Å². The number of thioether (sulfide) groups is 1. The van der Waals surface area contributed by atoms with Gasteiger partial charge in [0.1, 0.15) is 17.5 Å². The van der Waals surface area contributed by atoms with Crippen molar-refractivity contribution in [1.29, 1.82) is 0 Å². The summed E-state index contributed by atoms with van der Waals surface area (Å²) in [4.78, 5) is 37.2. The van der Waals surface area contributed by atoms with Crippen molar-refractivity contribution >= 4 is 29.5 Å². The highest BCUT2D eigenvalue weighted by molar-refractivity contribution is 8.01. The molecule has 2 heterocycles. The van der Waals surface area contributed by atoms with Crippen molar-refractivity contribution in [2.24, 2.45) is 0 Å². The SMILES string of the molecule is CC1(C)SC2[C@@H](NC(=O)CC3=CCCC=C3)C(=O)N2[C@@H]1C(=O)O. The number of hydrogen-bond donors (Lipinski definition) is 2. The molecule has 0 spiro atoms. The second kappa shape index (κ2) is 5.70. The molecule has 3 atom stereocenters. The van der Waals surface area contributed by atoms with E-state index in [4.69, 9.17) is 0 Å². The third-order valence-electron chi connectivity index (χ3n) is 4.43. The van der Waals surface area contributed by atoms with Crippen molar-refractivity contribution in [2.45, 2.75) is 55.3 Å². The Labute approximate surface area is 139 Å². The van der Waals surface area contributed by atoms with Crippen LogP contribution in [0.5, 0.6) is 0 Å². The van der Waals surface area contributed by atoms with E-state index in [2.05, 4.69) is 5.32 Å². The lowest BCUT2D eigenvalue weighted by Crippen LogP contribution is -2.70. The molecule has 23 heavy (non-hydrogen) atoms. The van der Waals surface area contributed by atoms with E-state index in [1.807, 2.05) is 32.1 Å². The number of amides is 2. The number of rotatable bonds is 4. The van der Waals surface area contributed by atoms with Crippen LogP contribution in [0.25, 0.3) is 0 Å². The molecule has 0 aromatic heterocycles. The van der Waals surface area contributed by atoms with Crippen LogP contribution in [0, 0.1) is 0 Å². The molecular formula is C16H20N2O4S. The second-order valence-electron chi connectivity index (χ2n) is 6.58. The van der Waals surface area contributed by atoms with Crippen LogP contribution in [-0.2, 0) is 14.4 Å². The van der Waals surface area contributed by atoms with Crippen molar-refractivity contribution in [2.75, 3.05) is 0 Å². The predicted molar refractivity (Wildman–Crippen MR) is 86.7 cm³/mol. The summed E-state index contributed by atoms with van der Waals surface area (Å²) in [5.74, 6) is -1.50. The minimum Gasteiger partial charge on any atom is -0.480 e. The van der Waals surface area contributed by atoms with E-state index < -0.39 is 22.8 Å². The molecule has 124 valence electrons. The van der Waals surface area contributed by atoms with E-state index in [1.165, 1.54) is 16.7 Å². The van der Waals surface area contributed by atoms with Crippen molar-refractivity contribution in [3.05, 3.63) is 23.8 Å². The monoisotopic (exact) mass is 336 g/mol. The van der Waals surface area contributed by atoms with Crippen molar-refractivity contribution in [3.8, 4) is 0 Å². The second-order valence-corrected chi connectivity index (χ2v) is 8.35. The number of nitrogens with zero attached hydrogens (tertiary/aromatic N) is 1. The Morgan fingerprint density at radius 2 is 2.17 bits per heavy atom. The summed E-state index contributed by atoms with van der Waals surface area (Å²) in [6.45, 7) is 3.64. The summed E-state index contributed by atoms with van der Waals surface area (Å²) in [5, 5.41) is 11.8. The number of carbonyl (C=O) groups excluding carboxylic acids is 2. The fraction of sp³-hybridized carbons (Fsp3) is 0.562. The highest BCUT2D eigenvalue weighted by Crippen LogP contribution is 2.50. The van der Waals surface area contributed by atoms with Gasteiger partial charge in [-0.3, -0.25) is 9.59 Å². The van der Waals surface area contributed by atoms with Crippen LogP contribution in [0.4, 0.5) is 0 Å². The average Bonchev–Trinajstić information content (AvgIpc) is 2.74. The van der Waals surface area contributed by atoms with Gasteiger partial charge < -0.3 is 15.3 Å². The van der Waals surface area contributed by atoms with Crippen LogP contribution in [0.3, 0.4) is 0 Å². The molecule has 0 radical (unpaired) electrons. The minimum absolute atomic E-state index is 0.196. The highest BCUT2D eigenvalue weighted by Gasteiger charge is 2.64. The van der Waals surface area contributed by atoms with Gasteiger partial charge in [-0.1, -0.05) is 18.2 Å². The smallest absolute Gasteiger partial charge is 0.327 e. The topological polar surface area (TPSA) is 86.7 Å². The normalized spacial score (nSPS) is 31.2. The maximum Gasteiger partial charge on any atom is 0.327 e. The molecule has 6 nitrogen and oxygen atoms in total. The fourth-order valence-corrected chi connectivity index (χ4v) is 4.98. The maximum atomic E-state index is 12.3. The lowest BCUT2D eigenvalue weighted by molar-refractivity contribution is -0.161. The molecule has 1 aliphatic carbocycles. The van der Waals surface area contributed by atoms with Crippen LogP contribution in [0.2, 0.25) is 0 Å². The lowest BCUT2D eigenvalue weighted by Gasteiger charge is -2.43. The van der Waals surface area contributed by atoms with E-state index in [9.17, 15) is 19.5 Å². The summed E-state index contributed by atoms with van der Waals surface area (Å²) in [6.07, 6.45) is 8.18. The molecular weight excluding hydrogens is 316 g/mol. The molecule has 3 aliphatic rings. The van der Waals surface area contributed by atoms with Gasteiger partial charge in [0.2, 0.25) is 11.8 Å². The zero-order valence-electron chi connectivity index (χ0n) is 13.1. The quantitative estimate of drug-likeness (QED) is 0.755. The molecule has 0 aromatic rings. The Morgan fingerprint density at radius 1 is 1.43 bits per heavy atom. The Balaban J connectivity index is 1.64. The van der Waals surface area contributed by atoms with E-state index in [0.29, 0.717) is 0 Å². The third-order valence-corrected chi connectivity index (χ3v) is 6.00. The van der Waals surface area contributed by atoms with E-state index in [-0.39, 0.29) is 23.6 Å². The fourth-order valence-electron chi connectivity index (χ4n) is 3.35. The Hall–Kier alpha value is -1.76. The Morgan fingerprint density at radius 3 is 2.78 bits per heavy atom. The summed E-state index contributed by atoms with van der Waals surface area (Å²) >= 11 is 1.43.